The maximum absolute atomic E-state index is 2.30. The molecule has 0 heterocycles. The van der Waals surface area contributed by atoms with Crippen LogP contribution in [0.1, 0.15) is 42.7 Å². The van der Waals surface area contributed by atoms with E-state index in [4.69, 9.17) is 0 Å². The Labute approximate surface area is 121 Å². The number of hydrogen-bond acceptors (Lipinski definition) is 0. The Morgan fingerprint density at radius 2 is 1.45 bits per heavy atom. The molecule has 2 aliphatic carbocycles. The average molecular weight is 260 g/mol. The predicted molar refractivity (Wildman–Crippen MR) is 84.5 cm³/mol. The summed E-state index contributed by atoms with van der Waals surface area (Å²) in [5.41, 5.74) is 6.31. The fourth-order valence-electron chi connectivity index (χ4n) is 4.09. The van der Waals surface area contributed by atoms with Gasteiger partial charge in [-0.25, -0.2) is 0 Å². The molecule has 0 N–H and O–H groups in total. The summed E-state index contributed by atoms with van der Waals surface area (Å²) in [5.74, 6) is 1.44. The summed E-state index contributed by atoms with van der Waals surface area (Å²) in [5, 5.41) is 0. The standard InChI is InChI=1S/C20H20/c1-3-9-15(10-4-1)19-17-13-7-8-14-18(17)20(19)16-11-5-2-6-12-16/h1-6,9-12,17,19H,7-8,13-14H2/t17-,19-/m1/s1. The first-order valence-corrected chi connectivity index (χ1v) is 7.78. The van der Waals surface area contributed by atoms with Crippen molar-refractivity contribution >= 4 is 5.57 Å². The molecule has 0 nitrogen and oxygen atoms in total. The van der Waals surface area contributed by atoms with Crippen LogP contribution in [0.4, 0.5) is 0 Å². The van der Waals surface area contributed by atoms with Gasteiger partial charge in [0.05, 0.1) is 0 Å². The predicted octanol–water partition coefficient (Wildman–Crippen LogP) is 5.43. The van der Waals surface area contributed by atoms with Crippen LogP contribution >= 0.6 is 0 Å². The molecule has 100 valence electrons. The summed E-state index contributed by atoms with van der Waals surface area (Å²) >= 11 is 0. The molecule has 0 amide bonds. The van der Waals surface area contributed by atoms with Gasteiger partial charge in [0, 0.05) is 5.92 Å². The first-order chi connectivity index (χ1) is 9.95. The lowest BCUT2D eigenvalue weighted by atomic mass is 9.58. The van der Waals surface area contributed by atoms with Gasteiger partial charge in [0.25, 0.3) is 0 Å². The molecule has 0 radical (unpaired) electrons. The zero-order valence-electron chi connectivity index (χ0n) is 11.8. The first kappa shape index (κ1) is 12.0. The van der Waals surface area contributed by atoms with Crippen LogP contribution < -0.4 is 0 Å². The summed E-state index contributed by atoms with van der Waals surface area (Å²) in [4.78, 5) is 0. The van der Waals surface area contributed by atoms with Crippen LogP contribution in [0.2, 0.25) is 0 Å². The van der Waals surface area contributed by atoms with Crippen molar-refractivity contribution in [1.29, 1.82) is 0 Å². The highest BCUT2D eigenvalue weighted by Gasteiger charge is 2.42. The van der Waals surface area contributed by atoms with Crippen molar-refractivity contribution in [3.05, 3.63) is 77.4 Å². The fourth-order valence-corrected chi connectivity index (χ4v) is 4.09. The van der Waals surface area contributed by atoms with E-state index < -0.39 is 0 Å². The second kappa shape index (κ2) is 4.94. The van der Waals surface area contributed by atoms with E-state index in [1.807, 2.05) is 0 Å². The molecule has 0 saturated heterocycles. The van der Waals surface area contributed by atoms with Gasteiger partial charge < -0.3 is 0 Å². The largest absolute Gasteiger partial charge is 0.0622 e. The zero-order chi connectivity index (χ0) is 13.4. The van der Waals surface area contributed by atoms with Crippen LogP contribution in [0.15, 0.2) is 66.2 Å². The van der Waals surface area contributed by atoms with Crippen molar-refractivity contribution in [2.24, 2.45) is 5.92 Å². The summed E-state index contributed by atoms with van der Waals surface area (Å²) in [6.07, 6.45) is 5.48. The smallest absolute Gasteiger partial charge is 0.0161 e. The van der Waals surface area contributed by atoms with Gasteiger partial charge in [-0.15, -0.1) is 0 Å². The van der Waals surface area contributed by atoms with Crippen molar-refractivity contribution < 1.29 is 0 Å². The molecule has 20 heavy (non-hydrogen) atoms. The molecule has 1 saturated carbocycles. The number of benzene rings is 2. The lowest BCUT2D eigenvalue weighted by molar-refractivity contribution is 0.389. The monoisotopic (exact) mass is 260 g/mol. The molecular formula is C20H20. The maximum atomic E-state index is 2.30. The molecular weight excluding hydrogens is 240 g/mol. The minimum atomic E-state index is 0.633. The molecule has 0 aliphatic heterocycles. The Morgan fingerprint density at radius 1 is 0.750 bits per heavy atom. The molecule has 0 aromatic heterocycles. The van der Waals surface area contributed by atoms with E-state index in [0.717, 1.165) is 5.92 Å². The Kier molecular flexibility index (Phi) is 2.95. The minimum Gasteiger partial charge on any atom is -0.0622 e. The van der Waals surface area contributed by atoms with E-state index in [2.05, 4.69) is 60.7 Å². The van der Waals surface area contributed by atoms with Gasteiger partial charge >= 0.3 is 0 Å². The summed E-state index contributed by atoms with van der Waals surface area (Å²) < 4.78 is 0. The van der Waals surface area contributed by atoms with Crippen molar-refractivity contribution in [3.8, 4) is 0 Å². The van der Waals surface area contributed by atoms with E-state index in [-0.39, 0.29) is 0 Å². The molecule has 0 spiro atoms. The molecule has 2 atom stereocenters. The quantitative estimate of drug-likeness (QED) is 0.675. The number of hydrogen-bond donors (Lipinski definition) is 0. The van der Waals surface area contributed by atoms with E-state index in [0.29, 0.717) is 5.92 Å². The number of rotatable bonds is 2. The first-order valence-electron chi connectivity index (χ1n) is 7.78. The second-order valence-electron chi connectivity index (χ2n) is 6.05. The number of fused-ring (bicyclic) bond motifs is 1. The Morgan fingerprint density at radius 3 is 2.20 bits per heavy atom. The Bertz CT molecular complexity index is 622. The highest BCUT2D eigenvalue weighted by Crippen LogP contribution is 2.57. The normalized spacial score (nSPS) is 25.0. The molecule has 0 bridgehead atoms. The zero-order valence-corrected chi connectivity index (χ0v) is 11.8. The molecule has 4 rings (SSSR count). The summed E-state index contributed by atoms with van der Waals surface area (Å²) in [6, 6.07) is 22.1. The molecule has 2 aliphatic rings. The third-order valence-corrected chi connectivity index (χ3v) is 4.96. The van der Waals surface area contributed by atoms with Crippen molar-refractivity contribution in [3.63, 3.8) is 0 Å². The highest BCUT2D eigenvalue weighted by atomic mass is 14.5. The molecule has 2 aromatic carbocycles. The summed E-state index contributed by atoms with van der Waals surface area (Å²) in [7, 11) is 0. The second-order valence-corrected chi connectivity index (χ2v) is 6.05. The fraction of sp³-hybridized carbons (Fsp3) is 0.300. The van der Waals surface area contributed by atoms with Crippen molar-refractivity contribution in [1.82, 2.24) is 0 Å². The van der Waals surface area contributed by atoms with Gasteiger partial charge in [0.15, 0.2) is 0 Å². The molecule has 1 fully saturated rings. The maximum Gasteiger partial charge on any atom is 0.0161 e. The third kappa shape index (κ3) is 1.83. The average Bonchev–Trinajstić information content (AvgIpc) is 2.51. The van der Waals surface area contributed by atoms with Gasteiger partial charge in [-0.2, -0.15) is 0 Å². The van der Waals surface area contributed by atoms with Crippen LogP contribution in [-0.4, -0.2) is 0 Å². The van der Waals surface area contributed by atoms with Gasteiger partial charge in [0.2, 0.25) is 0 Å². The Hall–Kier alpha value is -1.82. The minimum absolute atomic E-state index is 0.633. The molecule has 0 unspecified atom stereocenters. The highest BCUT2D eigenvalue weighted by molar-refractivity contribution is 5.81. The van der Waals surface area contributed by atoms with Crippen molar-refractivity contribution in [2.75, 3.05) is 0 Å². The van der Waals surface area contributed by atoms with Gasteiger partial charge in [-0.05, 0) is 41.9 Å². The van der Waals surface area contributed by atoms with Gasteiger partial charge in [-0.1, -0.05) is 72.7 Å². The topological polar surface area (TPSA) is 0 Å². The van der Waals surface area contributed by atoms with E-state index in [1.165, 1.54) is 36.8 Å². The van der Waals surface area contributed by atoms with Gasteiger partial charge in [-0.3, -0.25) is 0 Å². The molecule has 0 heteroatoms. The number of allylic oxidation sites excluding steroid dienone is 2. The van der Waals surface area contributed by atoms with Crippen LogP contribution in [0.5, 0.6) is 0 Å². The van der Waals surface area contributed by atoms with Crippen LogP contribution in [0.25, 0.3) is 5.57 Å². The van der Waals surface area contributed by atoms with E-state index >= 15 is 0 Å². The lowest BCUT2D eigenvalue weighted by Crippen LogP contribution is -2.30. The van der Waals surface area contributed by atoms with Crippen LogP contribution in [0.3, 0.4) is 0 Å². The lowest BCUT2D eigenvalue weighted by Gasteiger charge is -2.46. The van der Waals surface area contributed by atoms with Crippen molar-refractivity contribution in [2.45, 2.75) is 31.6 Å². The van der Waals surface area contributed by atoms with Crippen LogP contribution in [0, 0.1) is 5.92 Å². The van der Waals surface area contributed by atoms with Gasteiger partial charge in [0.1, 0.15) is 0 Å². The summed E-state index contributed by atoms with van der Waals surface area (Å²) in [6.45, 7) is 0. The third-order valence-electron chi connectivity index (χ3n) is 4.96. The van der Waals surface area contributed by atoms with E-state index in [1.54, 1.807) is 11.1 Å². The molecule has 2 aromatic rings. The van der Waals surface area contributed by atoms with Crippen LogP contribution in [-0.2, 0) is 0 Å². The Balaban J connectivity index is 1.80. The SMILES string of the molecule is c1ccc(C2=C3CCCC[C@H]3[C@H]2c2ccccc2)cc1. The van der Waals surface area contributed by atoms with E-state index in [9.17, 15) is 0 Å².